The molecule has 8 heteroatoms. The number of halogens is 1. The van der Waals surface area contributed by atoms with E-state index in [-0.39, 0.29) is 0 Å². The van der Waals surface area contributed by atoms with Crippen LogP contribution in [0.5, 0.6) is 11.5 Å². The maximum atomic E-state index is 9.55. The second-order valence-electron chi connectivity index (χ2n) is 7.23. The van der Waals surface area contributed by atoms with Crippen LogP contribution >= 0.6 is 11.6 Å². The van der Waals surface area contributed by atoms with Crippen molar-refractivity contribution in [3.63, 3.8) is 0 Å². The van der Waals surface area contributed by atoms with Crippen LogP contribution in [0.3, 0.4) is 0 Å². The molecule has 32 heavy (non-hydrogen) atoms. The van der Waals surface area contributed by atoms with Crippen LogP contribution in [0, 0.1) is 0 Å². The van der Waals surface area contributed by atoms with E-state index in [0.717, 1.165) is 48.9 Å². The first-order valence-corrected chi connectivity index (χ1v) is 10.6. The quantitative estimate of drug-likeness (QED) is 0.606. The Bertz CT molecular complexity index is 944. The van der Waals surface area contributed by atoms with Gasteiger partial charge in [0.1, 0.15) is 11.5 Å². The van der Waals surface area contributed by atoms with Crippen LogP contribution in [0.15, 0.2) is 48.6 Å². The monoisotopic (exact) mass is 461 g/mol. The first-order valence-electron chi connectivity index (χ1n) is 10.2. The SMILES string of the molecule is COc1ccccc1CCOc1ccc(Cl)c2c1CCN(C)CC2.O=C(O)/C=C\C(=O)O. The summed E-state index contributed by atoms with van der Waals surface area (Å²) in [6.45, 7) is 2.71. The zero-order chi connectivity index (χ0) is 23.5. The molecule has 172 valence electrons. The molecule has 0 bridgehead atoms. The van der Waals surface area contributed by atoms with E-state index in [9.17, 15) is 9.59 Å². The number of carboxylic acids is 2. The minimum Gasteiger partial charge on any atom is -0.496 e. The zero-order valence-corrected chi connectivity index (χ0v) is 19.0. The van der Waals surface area contributed by atoms with E-state index in [1.165, 1.54) is 16.7 Å². The second-order valence-corrected chi connectivity index (χ2v) is 7.63. The van der Waals surface area contributed by atoms with Gasteiger partial charge in [0.05, 0.1) is 13.7 Å². The molecule has 1 aliphatic rings. The Morgan fingerprint density at radius 1 is 1.00 bits per heavy atom. The number of para-hydroxylation sites is 1. The molecular formula is C24H28ClNO6. The number of nitrogens with zero attached hydrogens (tertiary/aromatic N) is 1. The van der Waals surface area contributed by atoms with Crippen LogP contribution in [-0.4, -0.2) is 60.9 Å². The Morgan fingerprint density at radius 2 is 1.62 bits per heavy atom. The largest absolute Gasteiger partial charge is 0.496 e. The van der Waals surface area contributed by atoms with Crippen LogP contribution < -0.4 is 9.47 Å². The van der Waals surface area contributed by atoms with Crippen molar-refractivity contribution in [3.05, 3.63) is 70.3 Å². The number of aliphatic carboxylic acids is 2. The maximum Gasteiger partial charge on any atom is 0.328 e. The fourth-order valence-corrected chi connectivity index (χ4v) is 3.63. The molecule has 1 aliphatic heterocycles. The van der Waals surface area contributed by atoms with Gasteiger partial charge in [-0.05, 0) is 49.2 Å². The summed E-state index contributed by atoms with van der Waals surface area (Å²) in [6.07, 6.45) is 3.90. The molecule has 0 saturated heterocycles. The average Bonchev–Trinajstić information content (AvgIpc) is 2.97. The van der Waals surface area contributed by atoms with Crippen molar-refractivity contribution in [1.82, 2.24) is 4.90 Å². The number of likely N-dealkylation sites (N-methyl/N-ethyl adjacent to an activating group) is 1. The minimum absolute atomic E-state index is 0.558. The van der Waals surface area contributed by atoms with Gasteiger partial charge in [0, 0.05) is 42.2 Å². The summed E-state index contributed by atoms with van der Waals surface area (Å²) >= 11 is 6.41. The molecule has 0 aliphatic carbocycles. The maximum absolute atomic E-state index is 9.55. The van der Waals surface area contributed by atoms with E-state index >= 15 is 0 Å². The molecule has 0 fully saturated rings. The van der Waals surface area contributed by atoms with Crippen molar-refractivity contribution in [2.24, 2.45) is 0 Å². The normalized spacial score (nSPS) is 13.5. The Hall–Kier alpha value is -3.03. The van der Waals surface area contributed by atoms with Crippen LogP contribution in [0.1, 0.15) is 16.7 Å². The first kappa shape index (κ1) is 25.2. The number of ether oxygens (including phenoxy) is 2. The van der Waals surface area contributed by atoms with Gasteiger partial charge in [-0.2, -0.15) is 0 Å². The first-order chi connectivity index (χ1) is 15.3. The lowest BCUT2D eigenvalue weighted by molar-refractivity contribution is -0.134. The Balaban J connectivity index is 0.000000390. The van der Waals surface area contributed by atoms with Gasteiger partial charge in [-0.15, -0.1) is 0 Å². The molecule has 2 aromatic carbocycles. The summed E-state index contributed by atoms with van der Waals surface area (Å²) in [4.78, 5) is 21.4. The Kier molecular flexibility index (Phi) is 10.0. The highest BCUT2D eigenvalue weighted by Crippen LogP contribution is 2.32. The highest BCUT2D eigenvalue weighted by molar-refractivity contribution is 6.31. The number of rotatable bonds is 7. The van der Waals surface area contributed by atoms with E-state index in [1.807, 2.05) is 30.3 Å². The predicted octanol–water partition coefficient (Wildman–Crippen LogP) is 3.71. The van der Waals surface area contributed by atoms with E-state index in [2.05, 4.69) is 18.0 Å². The van der Waals surface area contributed by atoms with Gasteiger partial charge in [-0.1, -0.05) is 29.8 Å². The highest BCUT2D eigenvalue weighted by atomic mass is 35.5. The van der Waals surface area contributed by atoms with Crippen LogP contribution in [0.2, 0.25) is 5.02 Å². The number of benzene rings is 2. The van der Waals surface area contributed by atoms with Crippen molar-refractivity contribution in [2.75, 3.05) is 33.9 Å². The highest BCUT2D eigenvalue weighted by Gasteiger charge is 2.18. The zero-order valence-electron chi connectivity index (χ0n) is 18.2. The Labute approximate surface area is 192 Å². The Morgan fingerprint density at radius 3 is 2.25 bits per heavy atom. The molecule has 3 rings (SSSR count). The molecule has 0 amide bonds. The number of carbonyl (C=O) groups is 2. The van der Waals surface area contributed by atoms with Crippen molar-refractivity contribution in [3.8, 4) is 11.5 Å². The lowest BCUT2D eigenvalue weighted by atomic mass is 10.0. The van der Waals surface area contributed by atoms with Crippen LogP contribution in [0.4, 0.5) is 0 Å². The predicted molar refractivity (Wildman–Crippen MR) is 123 cm³/mol. The van der Waals surface area contributed by atoms with Gasteiger partial charge in [-0.25, -0.2) is 9.59 Å². The average molecular weight is 462 g/mol. The molecule has 2 aromatic rings. The van der Waals surface area contributed by atoms with Gasteiger partial charge in [0.15, 0.2) is 0 Å². The van der Waals surface area contributed by atoms with Crippen LogP contribution in [0.25, 0.3) is 0 Å². The fourth-order valence-electron chi connectivity index (χ4n) is 3.36. The second kappa shape index (κ2) is 12.7. The van der Waals surface area contributed by atoms with E-state index in [1.54, 1.807) is 7.11 Å². The van der Waals surface area contributed by atoms with Gasteiger partial charge in [0.25, 0.3) is 0 Å². The number of hydrogen-bond acceptors (Lipinski definition) is 5. The molecule has 0 atom stereocenters. The van der Waals surface area contributed by atoms with Gasteiger partial charge in [-0.3, -0.25) is 0 Å². The van der Waals surface area contributed by atoms with Crippen molar-refractivity contribution >= 4 is 23.5 Å². The molecular weight excluding hydrogens is 434 g/mol. The van der Waals surface area contributed by atoms with Crippen LogP contribution in [-0.2, 0) is 28.9 Å². The standard InChI is InChI=1S/C20H24ClNO2.C4H4O4/c1-22-12-9-16-17(10-13-22)20(8-7-18(16)21)24-14-11-15-5-3-4-6-19(15)23-2;5-3(6)1-2-4(7)8/h3-8H,9-14H2,1-2H3;1-2H,(H,5,6)(H,7,8)/b;2-1-. The molecule has 2 N–H and O–H groups in total. The fraction of sp³-hybridized carbons (Fsp3) is 0.333. The minimum atomic E-state index is -1.26. The van der Waals surface area contributed by atoms with Crippen molar-refractivity contribution in [2.45, 2.75) is 19.3 Å². The van der Waals surface area contributed by atoms with E-state index in [4.69, 9.17) is 31.3 Å². The third kappa shape index (κ3) is 7.90. The van der Waals surface area contributed by atoms with Gasteiger partial charge in [0.2, 0.25) is 0 Å². The number of methoxy groups -OCH3 is 1. The van der Waals surface area contributed by atoms with Gasteiger partial charge < -0.3 is 24.6 Å². The smallest absolute Gasteiger partial charge is 0.328 e. The summed E-state index contributed by atoms with van der Waals surface area (Å²) in [6, 6.07) is 12.1. The van der Waals surface area contributed by atoms with E-state index in [0.29, 0.717) is 18.8 Å². The van der Waals surface area contributed by atoms with E-state index < -0.39 is 11.9 Å². The molecule has 0 saturated carbocycles. The lowest BCUT2D eigenvalue weighted by Crippen LogP contribution is -2.20. The lowest BCUT2D eigenvalue weighted by Gasteiger charge is -2.15. The summed E-state index contributed by atoms with van der Waals surface area (Å²) in [5.74, 6) is -0.628. The molecule has 1 heterocycles. The van der Waals surface area contributed by atoms with Crippen molar-refractivity contribution in [1.29, 1.82) is 0 Å². The summed E-state index contributed by atoms with van der Waals surface area (Å²) < 4.78 is 11.5. The number of fused-ring (bicyclic) bond motifs is 1. The molecule has 7 nitrogen and oxygen atoms in total. The third-order valence-corrected chi connectivity index (χ3v) is 5.36. The molecule has 0 aromatic heterocycles. The van der Waals surface area contributed by atoms with Crippen molar-refractivity contribution < 1.29 is 29.3 Å². The topological polar surface area (TPSA) is 96.3 Å². The van der Waals surface area contributed by atoms with Gasteiger partial charge >= 0.3 is 11.9 Å². The molecule has 0 spiro atoms. The molecule has 0 unspecified atom stereocenters. The number of carboxylic acid groups (broad SMARTS) is 2. The molecule has 0 radical (unpaired) electrons. The summed E-state index contributed by atoms with van der Waals surface area (Å²) in [5.41, 5.74) is 3.68. The number of hydrogen-bond donors (Lipinski definition) is 2. The summed E-state index contributed by atoms with van der Waals surface area (Å²) in [5, 5.41) is 16.5. The third-order valence-electron chi connectivity index (χ3n) is 5.01. The summed E-state index contributed by atoms with van der Waals surface area (Å²) in [7, 11) is 3.86.